The van der Waals surface area contributed by atoms with Crippen molar-refractivity contribution < 1.29 is 19.1 Å². The summed E-state index contributed by atoms with van der Waals surface area (Å²) < 4.78 is 11.1. The molecule has 0 unspecified atom stereocenters. The van der Waals surface area contributed by atoms with Crippen LogP contribution in [0.4, 0.5) is 0 Å². The van der Waals surface area contributed by atoms with Gasteiger partial charge in [-0.25, -0.2) is 0 Å². The predicted octanol–water partition coefficient (Wildman–Crippen LogP) is 2.77. The zero-order valence-corrected chi connectivity index (χ0v) is 16.7. The molecule has 1 aromatic heterocycles. The Kier molecular flexibility index (Phi) is 3.48. The summed E-state index contributed by atoms with van der Waals surface area (Å²) in [6, 6.07) is 12.9. The van der Waals surface area contributed by atoms with Crippen LogP contribution in [0.3, 0.4) is 0 Å². The van der Waals surface area contributed by atoms with Crippen molar-refractivity contribution in [3.05, 3.63) is 59.3 Å². The van der Waals surface area contributed by atoms with Crippen molar-refractivity contribution in [1.82, 2.24) is 14.8 Å². The predicted molar refractivity (Wildman–Crippen MR) is 109 cm³/mol. The fourth-order valence-electron chi connectivity index (χ4n) is 5.22. The maximum absolute atomic E-state index is 13.2. The number of amides is 2. The Labute approximate surface area is 173 Å². The third-order valence-corrected chi connectivity index (χ3v) is 6.56. The Bertz CT molecular complexity index is 1220. The average molecular weight is 403 g/mol. The monoisotopic (exact) mass is 403 g/mol. The van der Waals surface area contributed by atoms with E-state index in [0.717, 1.165) is 27.7 Å². The lowest BCUT2D eigenvalue weighted by Gasteiger charge is -2.49. The van der Waals surface area contributed by atoms with Gasteiger partial charge in [0.25, 0.3) is 0 Å². The second-order valence-corrected chi connectivity index (χ2v) is 8.24. The standard InChI is InChI=1S/C23H21N3O4/c1-12-19-14-5-3-4-6-15(14)24-20(19)22(13-7-8-16-17(9-13)30-11-29-16)26-18(27)10-25(2)23(28)21(12)26/h3-9,12,21-22,24H,10-11H2,1-2H3/t12-,21-,22-/m1/s1. The van der Waals surface area contributed by atoms with Gasteiger partial charge in [0.2, 0.25) is 18.6 Å². The molecule has 1 fully saturated rings. The summed E-state index contributed by atoms with van der Waals surface area (Å²) in [6.07, 6.45) is 0. The van der Waals surface area contributed by atoms with Gasteiger partial charge in [0.15, 0.2) is 11.5 Å². The number of carbonyl (C=O) groups excluding carboxylic acids is 2. The third-order valence-electron chi connectivity index (χ3n) is 6.56. The maximum Gasteiger partial charge on any atom is 0.246 e. The van der Waals surface area contributed by atoms with Gasteiger partial charge in [0.05, 0.1) is 12.6 Å². The van der Waals surface area contributed by atoms with Crippen LogP contribution < -0.4 is 9.47 Å². The summed E-state index contributed by atoms with van der Waals surface area (Å²) in [6.45, 7) is 2.31. The van der Waals surface area contributed by atoms with Gasteiger partial charge < -0.3 is 24.3 Å². The Morgan fingerprint density at radius 1 is 1.07 bits per heavy atom. The minimum atomic E-state index is -0.543. The molecule has 3 aliphatic heterocycles. The minimum absolute atomic E-state index is 0.0243. The molecule has 0 spiro atoms. The lowest BCUT2D eigenvalue weighted by molar-refractivity contribution is -0.158. The number of carbonyl (C=O) groups is 2. The zero-order valence-electron chi connectivity index (χ0n) is 16.7. The van der Waals surface area contributed by atoms with E-state index in [1.165, 1.54) is 4.90 Å². The zero-order chi connectivity index (χ0) is 20.6. The molecule has 3 aromatic rings. The SMILES string of the molecule is C[C@@H]1c2c([nH]c3ccccc23)[C@@H](c2ccc3c(c2)OCO3)N2C(=O)CN(C)C(=O)[C@@H]12. The average Bonchev–Trinajstić information content (AvgIpc) is 3.36. The quantitative estimate of drug-likeness (QED) is 0.678. The number of hydrogen-bond donors (Lipinski definition) is 1. The van der Waals surface area contributed by atoms with Crippen molar-refractivity contribution >= 4 is 22.7 Å². The van der Waals surface area contributed by atoms with Crippen molar-refractivity contribution in [2.75, 3.05) is 20.4 Å². The number of aromatic nitrogens is 1. The first kappa shape index (κ1) is 17.4. The van der Waals surface area contributed by atoms with Crippen molar-refractivity contribution in [3.63, 3.8) is 0 Å². The molecule has 7 heteroatoms. The Morgan fingerprint density at radius 3 is 2.73 bits per heavy atom. The molecule has 6 rings (SSSR count). The molecule has 0 bridgehead atoms. The van der Waals surface area contributed by atoms with E-state index in [2.05, 4.69) is 11.1 Å². The van der Waals surface area contributed by atoms with Gasteiger partial charge in [-0.15, -0.1) is 0 Å². The number of para-hydroxylation sites is 1. The molecule has 3 aliphatic rings. The largest absolute Gasteiger partial charge is 0.454 e. The summed E-state index contributed by atoms with van der Waals surface area (Å²) in [5.74, 6) is 1.15. The molecular formula is C23H21N3O4. The van der Waals surface area contributed by atoms with E-state index in [1.54, 1.807) is 11.9 Å². The smallest absolute Gasteiger partial charge is 0.246 e. The molecule has 0 radical (unpaired) electrons. The Morgan fingerprint density at radius 2 is 1.87 bits per heavy atom. The van der Waals surface area contributed by atoms with Gasteiger partial charge in [0, 0.05) is 29.6 Å². The van der Waals surface area contributed by atoms with Crippen LogP contribution in [-0.2, 0) is 9.59 Å². The number of ether oxygens (including phenoxy) is 2. The number of nitrogens with zero attached hydrogens (tertiary/aromatic N) is 2. The second-order valence-electron chi connectivity index (χ2n) is 8.24. The Hall–Kier alpha value is -3.48. The first-order valence-electron chi connectivity index (χ1n) is 10.1. The van der Waals surface area contributed by atoms with Gasteiger partial charge >= 0.3 is 0 Å². The second kappa shape index (κ2) is 6.01. The van der Waals surface area contributed by atoms with Crippen LogP contribution in [0.15, 0.2) is 42.5 Å². The molecule has 1 N–H and O–H groups in total. The molecule has 3 atom stereocenters. The number of fused-ring (bicyclic) bond motifs is 5. The van der Waals surface area contributed by atoms with E-state index in [1.807, 2.05) is 43.3 Å². The number of rotatable bonds is 1. The fourth-order valence-corrected chi connectivity index (χ4v) is 5.22. The lowest BCUT2D eigenvalue weighted by Crippen LogP contribution is -2.63. The van der Waals surface area contributed by atoms with Crippen LogP contribution in [0.25, 0.3) is 10.9 Å². The summed E-state index contributed by atoms with van der Waals surface area (Å²) in [7, 11) is 1.70. The van der Waals surface area contributed by atoms with Crippen LogP contribution in [0.2, 0.25) is 0 Å². The van der Waals surface area contributed by atoms with Crippen LogP contribution >= 0.6 is 0 Å². The highest BCUT2D eigenvalue weighted by Crippen LogP contribution is 2.48. The number of aromatic amines is 1. The molecule has 30 heavy (non-hydrogen) atoms. The highest BCUT2D eigenvalue weighted by molar-refractivity contribution is 5.98. The first-order valence-corrected chi connectivity index (χ1v) is 10.1. The maximum atomic E-state index is 13.2. The topological polar surface area (TPSA) is 74.9 Å². The van der Waals surface area contributed by atoms with E-state index in [-0.39, 0.29) is 31.1 Å². The number of piperazine rings is 1. The fraction of sp³-hybridized carbons (Fsp3) is 0.304. The van der Waals surface area contributed by atoms with Crippen LogP contribution in [0.5, 0.6) is 11.5 Å². The van der Waals surface area contributed by atoms with Crippen LogP contribution in [0, 0.1) is 0 Å². The molecule has 4 heterocycles. The van der Waals surface area contributed by atoms with Gasteiger partial charge in [-0.2, -0.15) is 0 Å². The van der Waals surface area contributed by atoms with Gasteiger partial charge in [-0.05, 0) is 29.3 Å². The molecule has 2 aromatic carbocycles. The molecular weight excluding hydrogens is 382 g/mol. The van der Waals surface area contributed by atoms with Crippen molar-refractivity contribution in [2.45, 2.75) is 24.9 Å². The van der Waals surface area contributed by atoms with Crippen molar-refractivity contribution in [2.24, 2.45) is 0 Å². The number of benzene rings is 2. The summed E-state index contributed by atoms with van der Waals surface area (Å²) in [5.41, 5.74) is 3.97. The summed E-state index contributed by atoms with van der Waals surface area (Å²) in [4.78, 5) is 33.3. The highest BCUT2D eigenvalue weighted by atomic mass is 16.7. The van der Waals surface area contributed by atoms with Crippen LogP contribution in [-0.4, -0.2) is 53.0 Å². The van der Waals surface area contributed by atoms with Gasteiger partial charge in [-0.1, -0.05) is 31.2 Å². The molecule has 1 saturated heterocycles. The lowest BCUT2D eigenvalue weighted by atomic mass is 9.79. The number of H-pyrrole nitrogens is 1. The number of likely N-dealkylation sites (N-methyl/N-ethyl adjacent to an activating group) is 1. The number of nitrogens with one attached hydrogen (secondary N) is 1. The summed E-state index contributed by atoms with van der Waals surface area (Å²) in [5, 5.41) is 1.10. The Balaban J connectivity index is 1.62. The number of hydrogen-bond acceptors (Lipinski definition) is 4. The van der Waals surface area contributed by atoms with E-state index >= 15 is 0 Å². The van der Waals surface area contributed by atoms with E-state index in [0.29, 0.717) is 11.5 Å². The van der Waals surface area contributed by atoms with Crippen molar-refractivity contribution in [1.29, 1.82) is 0 Å². The van der Waals surface area contributed by atoms with Crippen molar-refractivity contribution in [3.8, 4) is 11.5 Å². The van der Waals surface area contributed by atoms with E-state index in [4.69, 9.17) is 9.47 Å². The first-order chi connectivity index (χ1) is 14.5. The van der Waals surface area contributed by atoms with Gasteiger partial charge in [0.1, 0.15) is 6.04 Å². The third kappa shape index (κ3) is 2.20. The molecule has 0 saturated carbocycles. The summed E-state index contributed by atoms with van der Waals surface area (Å²) >= 11 is 0. The van der Waals surface area contributed by atoms with Crippen LogP contribution in [0.1, 0.15) is 35.7 Å². The highest BCUT2D eigenvalue weighted by Gasteiger charge is 2.51. The molecule has 2 amide bonds. The molecule has 152 valence electrons. The van der Waals surface area contributed by atoms with E-state index in [9.17, 15) is 9.59 Å². The van der Waals surface area contributed by atoms with E-state index < -0.39 is 12.1 Å². The minimum Gasteiger partial charge on any atom is -0.454 e. The molecule has 7 nitrogen and oxygen atoms in total. The normalized spacial score (nSPS) is 24.9. The molecule has 0 aliphatic carbocycles. The van der Waals surface area contributed by atoms with Gasteiger partial charge in [-0.3, -0.25) is 9.59 Å².